The molecule has 260 valence electrons. The number of aromatic nitrogens is 4. The van der Waals surface area contributed by atoms with E-state index in [2.05, 4.69) is 236 Å². The van der Waals surface area contributed by atoms with Crippen LogP contribution >= 0.6 is 0 Å². The van der Waals surface area contributed by atoms with Gasteiger partial charge >= 0.3 is 0 Å². The standard InChI is InChI=1S/C50H35N5/c1-3-19-40(20-4-1)55(41-21-5-2-6-22-41)47-35-46(51-31-27-36-15-7-11-23-42(36)51)48(52-32-28-37-16-8-12-24-43(37)52)50(54-34-30-39-18-10-14-26-45(39)54)49(47)53-33-29-38-17-9-13-25-44(38)53/h1-35H. The molecular formula is C50H35N5. The van der Waals surface area contributed by atoms with E-state index in [1.54, 1.807) is 0 Å². The molecule has 4 aromatic heterocycles. The van der Waals surface area contributed by atoms with E-state index in [1.165, 1.54) is 21.5 Å². The second-order valence-electron chi connectivity index (χ2n) is 13.9. The zero-order chi connectivity index (χ0) is 36.3. The molecule has 5 heteroatoms. The highest BCUT2D eigenvalue weighted by Crippen LogP contribution is 2.48. The summed E-state index contributed by atoms with van der Waals surface area (Å²) < 4.78 is 9.54. The first-order valence-electron chi connectivity index (χ1n) is 18.7. The number of rotatable bonds is 7. The summed E-state index contributed by atoms with van der Waals surface area (Å²) in [4.78, 5) is 2.41. The Labute approximate surface area is 318 Å². The summed E-state index contributed by atoms with van der Waals surface area (Å²) in [7, 11) is 0. The van der Waals surface area contributed by atoms with Gasteiger partial charge in [-0.1, -0.05) is 109 Å². The minimum atomic E-state index is 1.04. The molecule has 11 rings (SSSR count). The molecule has 0 spiro atoms. The number of hydrogen-bond acceptors (Lipinski definition) is 1. The summed E-state index contributed by atoms with van der Waals surface area (Å²) in [5, 5.41) is 4.72. The van der Waals surface area contributed by atoms with Crippen molar-refractivity contribution in [1.29, 1.82) is 0 Å². The molecule has 0 aliphatic carbocycles. The first-order valence-corrected chi connectivity index (χ1v) is 18.7. The van der Waals surface area contributed by atoms with E-state index < -0.39 is 0 Å². The van der Waals surface area contributed by atoms with Gasteiger partial charge in [0, 0.05) is 36.2 Å². The summed E-state index contributed by atoms with van der Waals surface area (Å²) in [5.74, 6) is 0. The first-order chi connectivity index (χ1) is 27.3. The molecule has 0 radical (unpaired) electrons. The monoisotopic (exact) mass is 705 g/mol. The van der Waals surface area contributed by atoms with Gasteiger partial charge in [0.05, 0.1) is 50.5 Å². The lowest BCUT2D eigenvalue weighted by Gasteiger charge is -2.32. The smallest absolute Gasteiger partial charge is 0.0985 e. The highest BCUT2D eigenvalue weighted by atomic mass is 15.2. The number of fused-ring (bicyclic) bond motifs is 4. The van der Waals surface area contributed by atoms with E-state index in [9.17, 15) is 0 Å². The van der Waals surface area contributed by atoms with Gasteiger partial charge in [-0.15, -0.1) is 0 Å². The minimum Gasteiger partial charge on any atom is -0.314 e. The van der Waals surface area contributed by atoms with Gasteiger partial charge in [0.25, 0.3) is 0 Å². The lowest BCUT2D eigenvalue weighted by atomic mass is 10.1. The van der Waals surface area contributed by atoms with Gasteiger partial charge in [-0.3, -0.25) is 0 Å². The van der Waals surface area contributed by atoms with E-state index in [4.69, 9.17) is 0 Å². The molecule has 55 heavy (non-hydrogen) atoms. The van der Waals surface area contributed by atoms with E-state index in [1.807, 2.05) is 0 Å². The largest absolute Gasteiger partial charge is 0.314 e. The van der Waals surface area contributed by atoms with Crippen molar-refractivity contribution in [2.24, 2.45) is 0 Å². The average molecular weight is 706 g/mol. The van der Waals surface area contributed by atoms with E-state index in [0.29, 0.717) is 0 Å². The molecule has 0 atom stereocenters. The van der Waals surface area contributed by atoms with Crippen LogP contribution in [0, 0.1) is 0 Å². The summed E-state index contributed by atoms with van der Waals surface area (Å²) in [5.41, 5.74) is 12.0. The zero-order valence-electron chi connectivity index (χ0n) is 29.9. The lowest BCUT2D eigenvalue weighted by Crippen LogP contribution is -2.18. The van der Waals surface area contributed by atoms with Gasteiger partial charge in [0.1, 0.15) is 0 Å². The molecule has 0 unspecified atom stereocenters. The third-order valence-corrected chi connectivity index (χ3v) is 10.9. The lowest BCUT2D eigenvalue weighted by molar-refractivity contribution is 0.974. The van der Waals surface area contributed by atoms with Crippen LogP contribution in [-0.4, -0.2) is 18.3 Å². The Bertz CT molecular complexity index is 3120. The molecule has 7 aromatic carbocycles. The van der Waals surface area contributed by atoms with Crippen LogP contribution in [-0.2, 0) is 0 Å². The van der Waals surface area contributed by atoms with Crippen molar-refractivity contribution in [1.82, 2.24) is 18.3 Å². The van der Waals surface area contributed by atoms with Crippen molar-refractivity contribution >= 4 is 60.7 Å². The van der Waals surface area contributed by atoms with Crippen molar-refractivity contribution < 1.29 is 0 Å². The normalized spacial score (nSPS) is 11.6. The van der Waals surface area contributed by atoms with Crippen LogP contribution in [0.5, 0.6) is 0 Å². The van der Waals surface area contributed by atoms with Crippen LogP contribution in [0.15, 0.2) is 213 Å². The molecule has 0 saturated carbocycles. The van der Waals surface area contributed by atoms with Crippen molar-refractivity contribution in [3.8, 4) is 22.7 Å². The predicted octanol–water partition coefficient (Wildman–Crippen LogP) is 12.9. The Morgan fingerprint density at radius 3 is 1.09 bits per heavy atom. The van der Waals surface area contributed by atoms with Crippen LogP contribution in [0.4, 0.5) is 17.1 Å². The summed E-state index contributed by atoms with van der Waals surface area (Å²) in [6.45, 7) is 0. The quantitative estimate of drug-likeness (QED) is 0.162. The summed E-state index contributed by atoms with van der Waals surface area (Å²) in [6.07, 6.45) is 8.92. The van der Waals surface area contributed by atoms with Crippen LogP contribution in [0.3, 0.4) is 0 Å². The second-order valence-corrected chi connectivity index (χ2v) is 13.9. The highest BCUT2D eigenvalue weighted by molar-refractivity contribution is 5.98. The van der Waals surface area contributed by atoms with Crippen molar-refractivity contribution in [3.63, 3.8) is 0 Å². The van der Waals surface area contributed by atoms with Gasteiger partial charge in [-0.05, 0) is 100 Å². The van der Waals surface area contributed by atoms with Crippen LogP contribution in [0.25, 0.3) is 66.4 Å². The fourth-order valence-corrected chi connectivity index (χ4v) is 8.39. The molecule has 11 aromatic rings. The van der Waals surface area contributed by atoms with E-state index in [-0.39, 0.29) is 0 Å². The van der Waals surface area contributed by atoms with Crippen molar-refractivity contribution in [2.45, 2.75) is 0 Å². The maximum Gasteiger partial charge on any atom is 0.0985 e. The van der Waals surface area contributed by atoms with Gasteiger partial charge in [-0.25, -0.2) is 0 Å². The topological polar surface area (TPSA) is 23.0 Å². The molecule has 0 aliphatic rings. The number of para-hydroxylation sites is 6. The minimum absolute atomic E-state index is 1.04. The molecule has 4 heterocycles. The highest BCUT2D eigenvalue weighted by Gasteiger charge is 2.29. The molecule has 5 nitrogen and oxygen atoms in total. The molecule has 0 fully saturated rings. The summed E-state index contributed by atoms with van der Waals surface area (Å²) in [6, 6.07) is 67.5. The van der Waals surface area contributed by atoms with Crippen LogP contribution in [0.1, 0.15) is 0 Å². The Kier molecular flexibility index (Phi) is 7.10. The van der Waals surface area contributed by atoms with Crippen LogP contribution in [0.2, 0.25) is 0 Å². The van der Waals surface area contributed by atoms with Crippen LogP contribution < -0.4 is 4.90 Å². The number of anilines is 3. The number of nitrogens with zero attached hydrogens (tertiary/aromatic N) is 5. The van der Waals surface area contributed by atoms with Gasteiger partial charge < -0.3 is 23.2 Å². The average Bonchev–Trinajstić information content (AvgIpc) is 4.06. The zero-order valence-corrected chi connectivity index (χ0v) is 29.9. The Morgan fingerprint density at radius 1 is 0.291 bits per heavy atom. The van der Waals surface area contributed by atoms with E-state index in [0.717, 1.165) is 61.9 Å². The maximum atomic E-state index is 2.41. The fourth-order valence-electron chi connectivity index (χ4n) is 8.39. The SMILES string of the molecule is c1ccc(N(c2ccccc2)c2cc(-n3ccc4ccccc43)c(-n3ccc4ccccc43)c(-n3ccc4ccccc43)c2-n2ccc3ccccc32)cc1. The molecule has 0 bridgehead atoms. The third-order valence-electron chi connectivity index (χ3n) is 10.9. The Balaban J connectivity index is 1.41. The number of hydrogen-bond donors (Lipinski definition) is 0. The molecule has 0 amide bonds. The molecular weight excluding hydrogens is 671 g/mol. The molecule has 0 saturated heterocycles. The number of benzene rings is 7. The fraction of sp³-hybridized carbons (Fsp3) is 0. The molecule has 0 aliphatic heterocycles. The van der Waals surface area contributed by atoms with E-state index >= 15 is 0 Å². The third kappa shape index (κ3) is 4.94. The molecule has 0 N–H and O–H groups in total. The predicted molar refractivity (Wildman–Crippen MR) is 228 cm³/mol. The van der Waals surface area contributed by atoms with Crippen molar-refractivity contribution in [2.75, 3.05) is 4.90 Å². The Hall–Kier alpha value is -7.50. The Morgan fingerprint density at radius 2 is 0.636 bits per heavy atom. The van der Waals surface area contributed by atoms with Gasteiger partial charge in [-0.2, -0.15) is 0 Å². The van der Waals surface area contributed by atoms with Gasteiger partial charge in [0.2, 0.25) is 0 Å². The maximum absolute atomic E-state index is 2.41. The second kappa shape index (κ2) is 12.6. The summed E-state index contributed by atoms with van der Waals surface area (Å²) >= 11 is 0. The van der Waals surface area contributed by atoms with Crippen molar-refractivity contribution in [3.05, 3.63) is 213 Å². The first kappa shape index (κ1) is 31.1. The van der Waals surface area contributed by atoms with Gasteiger partial charge in [0.15, 0.2) is 0 Å².